The molecule has 2 aromatic carbocycles. The van der Waals surface area contributed by atoms with E-state index in [0.717, 1.165) is 61.0 Å². The molecule has 2 aromatic heterocycles. The third kappa shape index (κ3) is 5.35. The minimum Gasteiger partial charge on any atom is -0.357 e. The first-order chi connectivity index (χ1) is 17.3. The van der Waals surface area contributed by atoms with Crippen LogP contribution < -0.4 is 9.62 Å². The molecule has 8 nitrogen and oxygen atoms in total. The van der Waals surface area contributed by atoms with Crippen LogP contribution in [-0.2, 0) is 30.0 Å². The van der Waals surface area contributed by atoms with E-state index < -0.39 is 15.8 Å². The Balaban J connectivity index is 1.25. The first-order valence-electron chi connectivity index (χ1n) is 11.7. The summed E-state index contributed by atoms with van der Waals surface area (Å²) >= 11 is 5.76. The molecule has 1 fully saturated rings. The van der Waals surface area contributed by atoms with Crippen molar-refractivity contribution in [1.82, 2.24) is 24.5 Å². The van der Waals surface area contributed by atoms with Gasteiger partial charge in [0, 0.05) is 49.1 Å². The Morgan fingerprint density at radius 3 is 2.64 bits per heavy atom. The van der Waals surface area contributed by atoms with E-state index in [-0.39, 0.29) is 22.0 Å². The summed E-state index contributed by atoms with van der Waals surface area (Å²) in [6.07, 6.45) is 4.74. The van der Waals surface area contributed by atoms with Gasteiger partial charge in [0.1, 0.15) is 23.8 Å². The van der Waals surface area contributed by atoms with Gasteiger partial charge in [0.05, 0.1) is 10.4 Å². The lowest BCUT2D eigenvalue weighted by Crippen LogP contribution is -2.35. The first-order valence-corrected chi connectivity index (χ1v) is 13.6. The minimum atomic E-state index is -3.84. The Kier molecular flexibility index (Phi) is 6.92. The summed E-state index contributed by atoms with van der Waals surface area (Å²) < 4.78 is 44.1. The van der Waals surface area contributed by atoms with E-state index in [1.54, 1.807) is 18.5 Å². The van der Waals surface area contributed by atoms with Gasteiger partial charge in [-0.3, -0.25) is 0 Å². The lowest BCUT2D eigenvalue weighted by Gasteiger charge is -2.32. The van der Waals surface area contributed by atoms with Crippen LogP contribution in [0, 0.1) is 11.7 Å². The van der Waals surface area contributed by atoms with Gasteiger partial charge < -0.3 is 9.47 Å². The molecular formula is C25H26ClFN6O2S. The van der Waals surface area contributed by atoms with Gasteiger partial charge in [-0.25, -0.2) is 22.5 Å². The quantitative estimate of drug-likeness (QED) is 0.388. The molecule has 0 bridgehead atoms. The normalized spacial score (nSPS) is 15.0. The molecule has 1 aliphatic heterocycles. The summed E-state index contributed by atoms with van der Waals surface area (Å²) in [5.41, 5.74) is 0.937. The van der Waals surface area contributed by atoms with E-state index in [0.29, 0.717) is 5.92 Å². The molecule has 3 heterocycles. The van der Waals surface area contributed by atoms with E-state index >= 15 is 0 Å². The molecule has 0 atom stereocenters. The summed E-state index contributed by atoms with van der Waals surface area (Å²) in [4.78, 5) is 7.14. The number of aryl methyl sites for hydroxylation is 1. The number of piperidine rings is 1. The molecule has 11 heteroatoms. The van der Waals surface area contributed by atoms with Gasteiger partial charge in [-0.15, -0.1) is 10.2 Å². The highest BCUT2D eigenvalue weighted by Crippen LogP contribution is 2.27. The Labute approximate surface area is 214 Å². The van der Waals surface area contributed by atoms with Crippen molar-refractivity contribution in [2.75, 3.05) is 18.0 Å². The SMILES string of the molecule is Cn1cnnc1CC1CCN(c2ccc3cc(S(=O)(=O)NCc4ccc(Cl)cc4F)ccc3n2)CC1. The van der Waals surface area contributed by atoms with E-state index in [4.69, 9.17) is 16.6 Å². The van der Waals surface area contributed by atoms with E-state index in [9.17, 15) is 12.8 Å². The predicted octanol–water partition coefficient (Wildman–Crippen LogP) is 4.09. The number of hydrogen-bond donors (Lipinski definition) is 1. The maximum Gasteiger partial charge on any atom is 0.240 e. The molecule has 4 aromatic rings. The Morgan fingerprint density at radius 1 is 1.11 bits per heavy atom. The van der Waals surface area contributed by atoms with Crippen molar-refractivity contribution in [3.05, 3.63) is 77.1 Å². The number of nitrogens with zero attached hydrogens (tertiary/aromatic N) is 5. The molecule has 0 aliphatic carbocycles. The van der Waals surface area contributed by atoms with Crippen LogP contribution in [0.5, 0.6) is 0 Å². The standard InChI is InChI=1S/C25H26ClFN6O2S/c1-32-16-28-31-25(32)12-17-8-10-33(11-9-17)24-7-3-18-13-21(5-6-23(18)30-24)36(34,35)29-15-19-2-4-20(26)14-22(19)27/h2-7,13-14,16-17,29H,8-12,15H2,1H3. The average Bonchev–Trinajstić information content (AvgIpc) is 3.27. The van der Waals surface area contributed by atoms with E-state index in [1.807, 2.05) is 23.7 Å². The number of fused-ring (bicyclic) bond motifs is 1. The molecule has 5 rings (SSSR count). The third-order valence-corrected chi connectivity index (χ3v) is 8.27. The van der Waals surface area contributed by atoms with Gasteiger partial charge in [-0.05, 0) is 61.2 Å². The van der Waals surface area contributed by atoms with Gasteiger partial charge in [-0.1, -0.05) is 17.7 Å². The van der Waals surface area contributed by atoms with Crippen molar-refractivity contribution in [2.45, 2.75) is 30.7 Å². The van der Waals surface area contributed by atoms with Crippen molar-refractivity contribution in [1.29, 1.82) is 0 Å². The summed E-state index contributed by atoms with van der Waals surface area (Å²) in [6.45, 7) is 1.63. The fourth-order valence-corrected chi connectivity index (χ4v) is 5.67. The second-order valence-electron chi connectivity index (χ2n) is 9.08. The smallest absolute Gasteiger partial charge is 0.240 e. The van der Waals surface area contributed by atoms with Crippen LogP contribution in [0.25, 0.3) is 10.9 Å². The van der Waals surface area contributed by atoms with E-state index in [1.165, 1.54) is 18.2 Å². The van der Waals surface area contributed by atoms with Crippen LogP contribution in [0.15, 0.2) is 59.8 Å². The number of rotatable bonds is 7. The molecule has 0 spiro atoms. The topological polar surface area (TPSA) is 93.0 Å². The number of anilines is 1. The molecule has 188 valence electrons. The first kappa shape index (κ1) is 24.6. The number of aromatic nitrogens is 4. The van der Waals surface area contributed by atoms with Crippen molar-refractivity contribution in [3.8, 4) is 0 Å². The van der Waals surface area contributed by atoms with Crippen LogP contribution in [0.2, 0.25) is 5.02 Å². The Bertz CT molecular complexity index is 1500. The van der Waals surface area contributed by atoms with E-state index in [2.05, 4.69) is 19.8 Å². The predicted molar refractivity (Wildman–Crippen MR) is 137 cm³/mol. The third-order valence-electron chi connectivity index (χ3n) is 6.64. The van der Waals surface area contributed by atoms with Gasteiger partial charge >= 0.3 is 0 Å². The second kappa shape index (κ2) is 10.1. The summed E-state index contributed by atoms with van der Waals surface area (Å²) in [5.74, 6) is 1.90. The van der Waals surface area contributed by atoms with Crippen LogP contribution in [0.4, 0.5) is 10.2 Å². The minimum absolute atomic E-state index is 0.100. The van der Waals surface area contributed by atoms with Gasteiger partial charge in [0.2, 0.25) is 10.0 Å². The Hall–Kier alpha value is -3.08. The zero-order chi connectivity index (χ0) is 25.3. The van der Waals surface area contributed by atoms with Crippen molar-refractivity contribution >= 4 is 38.3 Å². The number of benzene rings is 2. The molecular weight excluding hydrogens is 503 g/mol. The van der Waals surface area contributed by atoms with Crippen LogP contribution in [-0.4, -0.2) is 41.3 Å². The zero-order valence-electron chi connectivity index (χ0n) is 19.7. The molecule has 0 unspecified atom stereocenters. The molecule has 1 aliphatic rings. The number of sulfonamides is 1. The molecule has 0 saturated carbocycles. The van der Waals surface area contributed by atoms with Crippen molar-refractivity contribution in [2.24, 2.45) is 13.0 Å². The van der Waals surface area contributed by atoms with Crippen LogP contribution in [0.1, 0.15) is 24.2 Å². The van der Waals surface area contributed by atoms with Crippen LogP contribution >= 0.6 is 11.6 Å². The summed E-state index contributed by atoms with van der Waals surface area (Å²) in [7, 11) is -1.87. The van der Waals surface area contributed by atoms with Gasteiger partial charge in [0.15, 0.2) is 0 Å². The second-order valence-corrected chi connectivity index (χ2v) is 11.3. The number of hydrogen-bond acceptors (Lipinski definition) is 6. The zero-order valence-corrected chi connectivity index (χ0v) is 21.3. The number of pyridine rings is 1. The number of halogens is 2. The average molecular weight is 529 g/mol. The fraction of sp³-hybridized carbons (Fsp3) is 0.320. The van der Waals surface area contributed by atoms with Gasteiger partial charge in [-0.2, -0.15) is 0 Å². The Morgan fingerprint density at radius 2 is 1.92 bits per heavy atom. The molecule has 0 radical (unpaired) electrons. The fourth-order valence-electron chi connectivity index (χ4n) is 4.47. The number of nitrogens with one attached hydrogen (secondary N) is 1. The van der Waals surface area contributed by atoms with Crippen LogP contribution in [0.3, 0.4) is 0 Å². The summed E-state index contributed by atoms with van der Waals surface area (Å²) in [5, 5.41) is 9.13. The highest BCUT2D eigenvalue weighted by molar-refractivity contribution is 7.89. The molecule has 1 N–H and O–H groups in total. The monoisotopic (exact) mass is 528 g/mol. The highest BCUT2D eigenvalue weighted by atomic mass is 35.5. The lowest BCUT2D eigenvalue weighted by atomic mass is 9.93. The largest absolute Gasteiger partial charge is 0.357 e. The maximum absolute atomic E-state index is 14.0. The molecule has 0 amide bonds. The van der Waals surface area contributed by atoms with Crippen molar-refractivity contribution in [3.63, 3.8) is 0 Å². The highest BCUT2D eigenvalue weighted by Gasteiger charge is 2.22. The molecule has 1 saturated heterocycles. The maximum atomic E-state index is 14.0. The van der Waals surface area contributed by atoms with Gasteiger partial charge in [0.25, 0.3) is 0 Å². The lowest BCUT2D eigenvalue weighted by molar-refractivity contribution is 0.392. The summed E-state index contributed by atoms with van der Waals surface area (Å²) in [6, 6.07) is 12.8. The van der Waals surface area contributed by atoms with Crippen molar-refractivity contribution < 1.29 is 12.8 Å². The molecule has 36 heavy (non-hydrogen) atoms.